The number of allylic oxidation sites excluding steroid dienone is 1. The number of carbonyl (C=O) groups excluding carboxylic acids is 3. The number of ether oxygens (including phenoxy) is 2. The van der Waals surface area contributed by atoms with Crippen LogP contribution >= 0.6 is 0 Å². The summed E-state index contributed by atoms with van der Waals surface area (Å²) >= 11 is 0. The van der Waals surface area contributed by atoms with Gasteiger partial charge in [0.2, 0.25) is 11.8 Å². The second kappa shape index (κ2) is 11.5. The first kappa shape index (κ1) is 28.6. The molecule has 2 saturated heterocycles. The van der Waals surface area contributed by atoms with E-state index in [4.69, 9.17) is 9.47 Å². The molecule has 0 aromatic heterocycles. The quantitative estimate of drug-likeness (QED) is 0.408. The predicted octanol–water partition coefficient (Wildman–Crippen LogP) is 3.95. The number of aliphatic hydroxyl groups is 1. The van der Waals surface area contributed by atoms with Gasteiger partial charge >= 0.3 is 5.97 Å². The maximum absolute atomic E-state index is 14.7. The molecule has 1 spiro atoms. The molecule has 4 aliphatic heterocycles. The Morgan fingerprint density at radius 1 is 1.02 bits per heavy atom. The second-order valence-electron chi connectivity index (χ2n) is 11.6. The lowest BCUT2D eigenvalue weighted by molar-refractivity contribution is -0.164. The highest BCUT2D eigenvalue weighted by atomic mass is 16.6. The van der Waals surface area contributed by atoms with Gasteiger partial charge in [-0.1, -0.05) is 74.9 Å². The van der Waals surface area contributed by atoms with E-state index in [1.807, 2.05) is 73.4 Å². The molecule has 1 aromatic carbocycles. The van der Waals surface area contributed by atoms with Gasteiger partial charge in [-0.15, -0.1) is 0 Å². The van der Waals surface area contributed by atoms with Crippen molar-refractivity contribution in [3.8, 4) is 0 Å². The molecular formula is C32H42N2O6. The first-order valence-electron chi connectivity index (χ1n) is 14.9. The number of aliphatic hydroxyl groups excluding tert-OH is 1. The van der Waals surface area contributed by atoms with E-state index in [0.29, 0.717) is 13.0 Å². The molecule has 216 valence electrons. The van der Waals surface area contributed by atoms with Gasteiger partial charge in [0, 0.05) is 12.6 Å². The summed E-state index contributed by atoms with van der Waals surface area (Å²) in [5, 5.41) is 10.7. The van der Waals surface area contributed by atoms with E-state index in [0.717, 1.165) is 37.7 Å². The van der Waals surface area contributed by atoms with Crippen molar-refractivity contribution < 1.29 is 29.0 Å². The van der Waals surface area contributed by atoms with Crippen molar-refractivity contribution in [1.82, 2.24) is 9.80 Å². The molecule has 0 radical (unpaired) electrons. The number of cyclic esters (lactones) is 1. The maximum atomic E-state index is 14.7. The predicted molar refractivity (Wildman–Crippen MR) is 150 cm³/mol. The van der Waals surface area contributed by atoms with Gasteiger partial charge in [0.1, 0.15) is 23.2 Å². The fraction of sp³-hybridized carbons (Fsp3) is 0.594. The third-order valence-electron chi connectivity index (χ3n) is 9.28. The summed E-state index contributed by atoms with van der Waals surface area (Å²) in [7, 11) is 0. The highest BCUT2D eigenvalue weighted by Gasteiger charge is 2.76. The number of esters is 1. The van der Waals surface area contributed by atoms with Gasteiger partial charge in [-0.3, -0.25) is 14.4 Å². The molecule has 0 bridgehead atoms. The molecule has 8 nitrogen and oxygen atoms in total. The number of hydrogen-bond donors (Lipinski definition) is 1. The number of hydrogen-bond acceptors (Lipinski definition) is 6. The molecule has 1 aromatic rings. The molecule has 8 heteroatoms. The van der Waals surface area contributed by atoms with E-state index in [2.05, 4.69) is 6.92 Å². The van der Waals surface area contributed by atoms with Crippen molar-refractivity contribution in [2.45, 2.75) is 88.6 Å². The van der Waals surface area contributed by atoms with Crippen LogP contribution in [0.25, 0.3) is 0 Å². The zero-order valence-electron chi connectivity index (χ0n) is 23.8. The van der Waals surface area contributed by atoms with Gasteiger partial charge < -0.3 is 24.4 Å². The maximum Gasteiger partial charge on any atom is 0.313 e. The van der Waals surface area contributed by atoms with E-state index in [9.17, 15) is 19.5 Å². The molecule has 4 aliphatic rings. The molecule has 2 amide bonds. The Hall–Kier alpha value is -2.97. The zero-order valence-corrected chi connectivity index (χ0v) is 23.8. The summed E-state index contributed by atoms with van der Waals surface area (Å²) in [5.41, 5.74) is -1.75. The fourth-order valence-corrected chi connectivity index (χ4v) is 7.33. The lowest BCUT2D eigenvalue weighted by Crippen LogP contribution is -2.58. The molecule has 2 fully saturated rings. The third kappa shape index (κ3) is 4.49. The van der Waals surface area contributed by atoms with Crippen LogP contribution in [0.5, 0.6) is 0 Å². The summed E-state index contributed by atoms with van der Waals surface area (Å²) in [6, 6.07) is 7.40. The molecule has 40 heavy (non-hydrogen) atoms. The number of nitrogens with zero attached hydrogens (tertiary/aromatic N) is 2. The first-order valence-corrected chi connectivity index (χ1v) is 14.9. The van der Waals surface area contributed by atoms with Gasteiger partial charge in [0.05, 0.1) is 25.2 Å². The van der Waals surface area contributed by atoms with Crippen molar-refractivity contribution in [2.75, 3.05) is 19.8 Å². The number of benzene rings is 1. The number of rotatable bonds is 7. The minimum absolute atomic E-state index is 0.0512. The Bertz CT molecular complexity index is 1170. The highest BCUT2D eigenvalue weighted by molar-refractivity contribution is 5.99. The zero-order chi connectivity index (χ0) is 28.5. The van der Waals surface area contributed by atoms with E-state index in [1.165, 1.54) is 4.90 Å². The van der Waals surface area contributed by atoms with Crippen LogP contribution in [0.2, 0.25) is 0 Å². The fourth-order valence-electron chi connectivity index (χ4n) is 7.33. The summed E-state index contributed by atoms with van der Waals surface area (Å²) in [4.78, 5) is 46.4. The largest absolute Gasteiger partial charge is 0.465 e. The van der Waals surface area contributed by atoms with Crippen LogP contribution in [0, 0.1) is 11.8 Å². The van der Waals surface area contributed by atoms with Crippen LogP contribution in [0.15, 0.2) is 54.6 Å². The van der Waals surface area contributed by atoms with E-state index < -0.39 is 41.1 Å². The van der Waals surface area contributed by atoms with Crippen LogP contribution in [-0.2, 0) is 23.9 Å². The molecule has 2 unspecified atom stereocenters. The average molecular weight is 551 g/mol. The minimum atomic E-state index is -1.38. The van der Waals surface area contributed by atoms with Crippen molar-refractivity contribution in [3.05, 3.63) is 60.2 Å². The Labute approximate surface area is 237 Å². The Morgan fingerprint density at radius 2 is 1.80 bits per heavy atom. The van der Waals surface area contributed by atoms with Gasteiger partial charge in [-0.25, -0.2) is 0 Å². The number of carbonyl (C=O) groups is 3. The topological polar surface area (TPSA) is 96.4 Å². The minimum Gasteiger partial charge on any atom is -0.465 e. The molecule has 7 atom stereocenters. The van der Waals surface area contributed by atoms with Crippen molar-refractivity contribution in [1.29, 1.82) is 0 Å². The summed E-state index contributed by atoms with van der Waals surface area (Å²) in [5.74, 6) is -2.93. The van der Waals surface area contributed by atoms with E-state index >= 15 is 0 Å². The van der Waals surface area contributed by atoms with Crippen LogP contribution < -0.4 is 0 Å². The van der Waals surface area contributed by atoms with Gasteiger partial charge in [-0.05, 0) is 44.6 Å². The van der Waals surface area contributed by atoms with Gasteiger partial charge in [0.15, 0.2) is 0 Å². The van der Waals surface area contributed by atoms with Crippen LogP contribution in [0.1, 0.15) is 70.9 Å². The third-order valence-corrected chi connectivity index (χ3v) is 9.28. The number of likely N-dealkylation sites (tertiary alicyclic amines) is 1. The molecule has 1 N–H and O–H groups in total. The summed E-state index contributed by atoms with van der Waals surface area (Å²) in [6.45, 7) is 6.35. The van der Waals surface area contributed by atoms with Crippen LogP contribution in [-0.4, -0.2) is 75.7 Å². The van der Waals surface area contributed by atoms with Crippen molar-refractivity contribution in [3.63, 3.8) is 0 Å². The molecule has 5 rings (SSSR count). The second-order valence-corrected chi connectivity index (χ2v) is 11.6. The Morgan fingerprint density at radius 3 is 2.50 bits per heavy atom. The van der Waals surface area contributed by atoms with Crippen LogP contribution in [0.4, 0.5) is 0 Å². The molecule has 0 saturated carbocycles. The SMILES string of the molecule is CCCC(C)N1CC=C[C@]23O[C@]4(CC)/C=C\CCCCOC(=O)[C@@H]4[C@H]2C(=O)N([C@H](CO)c2ccccc2)C3C1=O. The number of amides is 2. The molecular weight excluding hydrogens is 508 g/mol. The van der Waals surface area contributed by atoms with E-state index in [1.54, 1.807) is 0 Å². The first-order chi connectivity index (χ1) is 19.3. The lowest BCUT2D eigenvalue weighted by atomic mass is 9.73. The molecule has 4 heterocycles. The summed E-state index contributed by atoms with van der Waals surface area (Å²) < 4.78 is 12.8. The van der Waals surface area contributed by atoms with Gasteiger partial charge in [0.25, 0.3) is 0 Å². The van der Waals surface area contributed by atoms with E-state index in [-0.39, 0.29) is 31.1 Å². The van der Waals surface area contributed by atoms with Crippen molar-refractivity contribution >= 4 is 17.8 Å². The average Bonchev–Trinajstić information content (AvgIpc) is 3.31. The van der Waals surface area contributed by atoms with Gasteiger partial charge in [-0.2, -0.15) is 0 Å². The standard InChI is InChI=1S/C32H42N2O6/c1-4-14-22(3)33-19-13-18-32-25(26-30(38)39-20-12-7-6-11-17-31(26,5-2)40-32)28(36)34(27(32)29(33)37)24(21-35)23-15-9-8-10-16-23/h8-11,13,15-18,22,24-27,35H,4-7,12,14,19-21H2,1-3H3/b17-11-/t22?,24-,25+,26+,27?,31-,32+/m1/s1. The lowest BCUT2D eigenvalue weighted by Gasteiger charge is -2.41. The molecule has 0 aliphatic carbocycles. The summed E-state index contributed by atoms with van der Waals surface area (Å²) in [6.07, 6.45) is 12.4. The highest BCUT2D eigenvalue weighted by Crippen LogP contribution is 2.59. The normalized spacial score (nSPS) is 34.4. The smallest absolute Gasteiger partial charge is 0.313 e. The van der Waals surface area contributed by atoms with Crippen molar-refractivity contribution in [2.24, 2.45) is 11.8 Å². The Balaban J connectivity index is 1.70. The monoisotopic (exact) mass is 550 g/mol. The van der Waals surface area contributed by atoms with Crippen LogP contribution in [0.3, 0.4) is 0 Å². The number of fused-ring (bicyclic) bond motifs is 2. The Kier molecular flexibility index (Phi) is 8.20.